The van der Waals surface area contributed by atoms with Gasteiger partial charge in [-0.2, -0.15) is 0 Å². The molecule has 1 rings (SSSR count). The molecule has 0 fully saturated rings. The molecule has 0 bridgehead atoms. The summed E-state index contributed by atoms with van der Waals surface area (Å²) in [5, 5.41) is 6.61. The summed E-state index contributed by atoms with van der Waals surface area (Å²) in [5.41, 5.74) is 0. The molecule has 0 spiro atoms. The number of amides is 1. The van der Waals surface area contributed by atoms with Crippen LogP contribution in [0.3, 0.4) is 0 Å². The molecule has 0 radical (unpaired) electrons. The number of rotatable bonds is 14. The molecular formula is C22H42N3O+. The molecule has 1 amide bonds. The van der Waals surface area contributed by atoms with Crippen LogP contribution < -0.4 is 10.6 Å². The van der Waals surface area contributed by atoms with E-state index in [1.54, 1.807) is 6.92 Å². The van der Waals surface area contributed by atoms with Gasteiger partial charge in [0.25, 0.3) is 0 Å². The second-order valence-electron chi connectivity index (χ2n) is 7.66. The van der Waals surface area contributed by atoms with Gasteiger partial charge < -0.3 is 10.6 Å². The van der Waals surface area contributed by atoms with Gasteiger partial charge in [0, 0.05) is 20.3 Å². The van der Waals surface area contributed by atoms with Gasteiger partial charge in [-0.1, -0.05) is 50.7 Å². The SMILES string of the molecule is C/C=C/CCCCCCCCCCC1NC=C[N+]1(CC)C(C)NC(C)=O. The Balaban J connectivity index is 2.18. The first kappa shape index (κ1) is 22.8. The molecule has 0 saturated carbocycles. The lowest BCUT2D eigenvalue weighted by Crippen LogP contribution is -2.62. The Labute approximate surface area is 161 Å². The minimum Gasteiger partial charge on any atom is -0.338 e. The van der Waals surface area contributed by atoms with Gasteiger partial charge >= 0.3 is 0 Å². The van der Waals surface area contributed by atoms with E-state index in [0.717, 1.165) is 17.4 Å². The first-order valence-electron chi connectivity index (χ1n) is 10.8. The zero-order valence-corrected chi connectivity index (χ0v) is 17.6. The first-order valence-corrected chi connectivity index (χ1v) is 10.8. The molecule has 0 aliphatic carbocycles. The molecule has 0 saturated heterocycles. The lowest BCUT2D eigenvalue weighted by Gasteiger charge is -2.41. The molecule has 0 aromatic carbocycles. The maximum Gasteiger partial charge on any atom is 0.221 e. The number of nitrogens with one attached hydrogen (secondary N) is 2. The molecule has 1 aliphatic rings. The Kier molecular flexibility index (Phi) is 11.3. The fourth-order valence-corrected chi connectivity index (χ4v) is 4.10. The molecular weight excluding hydrogens is 322 g/mol. The quantitative estimate of drug-likeness (QED) is 0.253. The Morgan fingerprint density at radius 1 is 1.15 bits per heavy atom. The number of hydrogen-bond donors (Lipinski definition) is 2. The number of carbonyl (C=O) groups is 1. The molecule has 26 heavy (non-hydrogen) atoms. The highest BCUT2D eigenvalue weighted by Gasteiger charge is 2.41. The molecule has 150 valence electrons. The highest BCUT2D eigenvalue weighted by molar-refractivity contribution is 5.72. The van der Waals surface area contributed by atoms with E-state index in [2.05, 4.69) is 56.0 Å². The zero-order valence-electron chi connectivity index (χ0n) is 17.6. The molecule has 0 aromatic rings. The standard InChI is InChI=1S/C22H41N3O/c1-5-7-8-9-10-11-12-13-14-15-16-17-22-23-18-19-25(22,6-2)20(3)24-21(4)26/h5,7,18-20,22-23H,6,8-17H2,1-4H3/p+1/b7-5+. The fourth-order valence-electron chi connectivity index (χ4n) is 4.10. The van der Waals surface area contributed by atoms with Crippen LogP contribution in [0.15, 0.2) is 24.6 Å². The molecule has 3 unspecified atom stereocenters. The first-order chi connectivity index (χ1) is 12.6. The highest BCUT2D eigenvalue weighted by Crippen LogP contribution is 2.26. The Bertz CT molecular complexity index is 447. The predicted octanol–water partition coefficient (Wildman–Crippen LogP) is 5.18. The average Bonchev–Trinajstić information content (AvgIpc) is 3.03. The van der Waals surface area contributed by atoms with Gasteiger partial charge in [0.2, 0.25) is 5.91 Å². The Morgan fingerprint density at radius 3 is 2.35 bits per heavy atom. The molecule has 4 heteroatoms. The van der Waals surface area contributed by atoms with Crippen molar-refractivity contribution in [3.63, 3.8) is 0 Å². The van der Waals surface area contributed by atoms with Crippen LogP contribution in [-0.2, 0) is 4.79 Å². The van der Waals surface area contributed by atoms with Crippen molar-refractivity contribution in [2.75, 3.05) is 6.54 Å². The van der Waals surface area contributed by atoms with Gasteiger partial charge in [-0.3, -0.25) is 9.28 Å². The zero-order chi connectivity index (χ0) is 19.3. The van der Waals surface area contributed by atoms with Crippen molar-refractivity contribution in [2.45, 2.75) is 104 Å². The largest absolute Gasteiger partial charge is 0.338 e. The van der Waals surface area contributed by atoms with Crippen molar-refractivity contribution in [1.29, 1.82) is 0 Å². The van der Waals surface area contributed by atoms with E-state index in [9.17, 15) is 4.79 Å². The second kappa shape index (κ2) is 13.0. The fraction of sp³-hybridized carbons (Fsp3) is 0.773. The number of carbonyl (C=O) groups excluding carboxylic acids is 1. The minimum atomic E-state index is 0.0493. The monoisotopic (exact) mass is 364 g/mol. The third-order valence-corrected chi connectivity index (χ3v) is 5.74. The van der Waals surface area contributed by atoms with Crippen LogP contribution in [0.4, 0.5) is 0 Å². The van der Waals surface area contributed by atoms with Gasteiger partial charge in [0.05, 0.1) is 12.7 Å². The van der Waals surface area contributed by atoms with Crippen LogP contribution in [0.1, 0.15) is 91.9 Å². The van der Waals surface area contributed by atoms with Crippen molar-refractivity contribution in [1.82, 2.24) is 10.6 Å². The minimum absolute atomic E-state index is 0.0493. The summed E-state index contributed by atoms with van der Waals surface area (Å²) >= 11 is 0. The van der Waals surface area contributed by atoms with Crippen molar-refractivity contribution in [3.8, 4) is 0 Å². The third-order valence-electron chi connectivity index (χ3n) is 5.74. The summed E-state index contributed by atoms with van der Waals surface area (Å²) in [6, 6.07) is 0. The van der Waals surface area contributed by atoms with E-state index in [1.165, 1.54) is 57.8 Å². The van der Waals surface area contributed by atoms with Crippen LogP contribution in [0.2, 0.25) is 0 Å². The van der Waals surface area contributed by atoms with E-state index in [1.807, 2.05) is 0 Å². The average molecular weight is 365 g/mol. The summed E-state index contributed by atoms with van der Waals surface area (Å²) in [5.74, 6) is 0.0493. The summed E-state index contributed by atoms with van der Waals surface area (Å²) in [6.45, 7) is 9.01. The summed E-state index contributed by atoms with van der Waals surface area (Å²) < 4.78 is 0.811. The van der Waals surface area contributed by atoms with Gasteiger partial charge in [-0.15, -0.1) is 0 Å². The van der Waals surface area contributed by atoms with Gasteiger partial charge in [0.1, 0.15) is 6.20 Å². The smallest absolute Gasteiger partial charge is 0.221 e. The molecule has 1 aliphatic heterocycles. The highest BCUT2D eigenvalue weighted by atomic mass is 16.1. The van der Waals surface area contributed by atoms with Crippen LogP contribution in [0.25, 0.3) is 0 Å². The molecule has 2 N–H and O–H groups in total. The van der Waals surface area contributed by atoms with E-state index >= 15 is 0 Å². The predicted molar refractivity (Wildman–Crippen MR) is 111 cm³/mol. The normalized spacial score (nSPS) is 23.3. The molecule has 4 nitrogen and oxygen atoms in total. The third kappa shape index (κ3) is 7.53. The van der Waals surface area contributed by atoms with E-state index in [4.69, 9.17) is 0 Å². The maximum atomic E-state index is 11.5. The number of nitrogens with zero attached hydrogens (tertiary/aromatic N) is 1. The van der Waals surface area contributed by atoms with Crippen molar-refractivity contribution < 1.29 is 9.28 Å². The number of allylic oxidation sites excluding steroid dienone is 2. The summed E-state index contributed by atoms with van der Waals surface area (Å²) in [4.78, 5) is 11.5. The molecule has 3 atom stereocenters. The number of hydrogen-bond acceptors (Lipinski definition) is 2. The van der Waals surface area contributed by atoms with Crippen molar-refractivity contribution >= 4 is 5.91 Å². The van der Waals surface area contributed by atoms with Crippen LogP contribution in [0.5, 0.6) is 0 Å². The molecule has 1 heterocycles. The van der Waals surface area contributed by atoms with Crippen LogP contribution in [-0.4, -0.2) is 29.3 Å². The van der Waals surface area contributed by atoms with E-state index in [-0.39, 0.29) is 12.1 Å². The number of quaternary nitrogens is 1. The van der Waals surface area contributed by atoms with Crippen molar-refractivity contribution in [2.24, 2.45) is 0 Å². The van der Waals surface area contributed by atoms with Gasteiger partial charge in [-0.05, 0) is 33.1 Å². The Hall–Kier alpha value is -1.29. The van der Waals surface area contributed by atoms with E-state index in [0.29, 0.717) is 6.17 Å². The molecule has 0 aromatic heterocycles. The van der Waals surface area contributed by atoms with Gasteiger partial charge in [-0.25, -0.2) is 0 Å². The van der Waals surface area contributed by atoms with Gasteiger partial charge in [0.15, 0.2) is 12.3 Å². The van der Waals surface area contributed by atoms with Crippen LogP contribution >= 0.6 is 0 Å². The summed E-state index contributed by atoms with van der Waals surface area (Å²) in [7, 11) is 0. The lowest BCUT2D eigenvalue weighted by atomic mass is 10.0. The van der Waals surface area contributed by atoms with Crippen LogP contribution in [0, 0.1) is 0 Å². The second-order valence-corrected chi connectivity index (χ2v) is 7.66. The maximum absolute atomic E-state index is 11.5. The number of unbranched alkanes of at least 4 members (excludes halogenated alkanes) is 8. The van der Waals surface area contributed by atoms with E-state index < -0.39 is 0 Å². The Morgan fingerprint density at radius 2 is 1.77 bits per heavy atom. The lowest BCUT2D eigenvalue weighted by molar-refractivity contribution is -0.923. The summed E-state index contributed by atoms with van der Waals surface area (Å²) in [6.07, 6.45) is 22.4. The van der Waals surface area contributed by atoms with Crippen molar-refractivity contribution in [3.05, 3.63) is 24.6 Å². The topological polar surface area (TPSA) is 41.1 Å².